The van der Waals surface area contributed by atoms with Crippen molar-refractivity contribution < 1.29 is 4.74 Å². The first-order valence-electron chi connectivity index (χ1n) is 10.6. The molecule has 2 N–H and O–H groups in total. The third kappa shape index (κ3) is 4.52. The monoisotopic (exact) mass is 512 g/mol. The summed E-state index contributed by atoms with van der Waals surface area (Å²) >= 11 is 0. The van der Waals surface area contributed by atoms with Crippen LogP contribution in [-0.4, -0.2) is 52.9 Å². The van der Waals surface area contributed by atoms with E-state index in [2.05, 4.69) is 32.7 Å². The summed E-state index contributed by atoms with van der Waals surface area (Å²) in [6.07, 6.45) is 10.8. The minimum absolute atomic E-state index is 0. The maximum absolute atomic E-state index is 6.07. The Morgan fingerprint density at radius 3 is 2.86 bits per heavy atom. The van der Waals surface area contributed by atoms with Crippen molar-refractivity contribution in [2.75, 3.05) is 20.2 Å². The largest absolute Gasteiger partial charge is 0.378 e. The fourth-order valence-corrected chi connectivity index (χ4v) is 4.98. The quantitative estimate of drug-likeness (QED) is 0.354. The molecule has 2 saturated carbocycles. The standard InChI is InChI=1S/C21H32N6O.HI/c1-3-28-17-15-16(21(17)11-6-4-7-12-21)24-20(22-2)23-13-10-19-26-25-18-9-5-8-14-27(18)19;/h5,8-9,14,16-17H,3-4,6-7,10-13,15H2,1-2H3,(H2,22,23,24);1H. The van der Waals surface area contributed by atoms with Crippen molar-refractivity contribution >= 4 is 35.6 Å². The van der Waals surface area contributed by atoms with Gasteiger partial charge in [0, 0.05) is 44.3 Å². The molecule has 4 rings (SSSR count). The van der Waals surface area contributed by atoms with Crippen LogP contribution in [0.4, 0.5) is 0 Å². The van der Waals surface area contributed by atoms with Gasteiger partial charge in [0.25, 0.3) is 0 Å². The maximum Gasteiger partial charge on any atom is 0.191 e. The number of halogens is 1. The van der Waals surface area contributed by atoms with Crippen LogP contribution in [0, 0.1) is 5.41 Å². The number of nitrogens with one attached hydrogen (secondary N) is 2. The third-order valence-corrected chi connectivity index (χ3v) is 6.50. The third-order valence-electron chi connectivity index (χ3n) is 6.50. The van der Waals surface area contributed by atoms with Gasteiger partial charge in [-0.2, -0.15) is 0 Å². The fourth-order valence-electron chi connectivity index (χ4n) is 4.98. The van der Waals surface area contributed by atoms with E-state index in [1.54, 1.807) is 0 Å². The van der Waals surface area contributed by atoms with Gasteiger partial charge in [-0.3, -0.25) is 9.39 Å². The zero-order valence-electron chi connectivity index (χ0n) is 17.4. The highest BCUT2D eigenvalue weighted by atomic mass is 127. The van der Waals surface area contributed by atoms with Crippen LogP contribution in [0.2, 0.25) is 0 Å². The van der Waals surface area contributed by atoms with Crippen molar-refractivity contribution in [3.63, 3.8) is 0 Å². The fraction of sp³-hybridized carbons (Fsp3) is 0.667. The number of hydrogen-bond acceptors (Lipinski definition) is 4. The Kier molecular flexibility index (Phi) is 7.72. The number of rotatable bonds is 6. The first kappa shape index (κ1) is 22.3. The van der Waals surface area contributed by atoms with Crippen molar-refractivity contribution in [3.8, 4) is 0 Å². The topological polar surface area (TPSA) is 75.8 Å². The van der Waals surface area contributed by atoms with E-state index in [9.17, 15) is 0 Å². The first-order chi connectivity index (χ1) is 13.8. The molecule has 2 atom stereocenters. The van der Waals surface area contributed by atoms with Crippen LogP contribution in [0.25, 0.3) is 5.65 Å². The molecule has 2 aromatic rings. The van der Waals surface area contributed by atoms with E-state index in [1.165, 1.54) is 32.1 Å². The first-order valence-corrected chi connectivity index (χ1v) is 10.6. The predicted octanol–water partition coefficient (Wildman–Crippen LogP) is 3.18. The van der Waals surface area contributed by atoms with Gasteiger partial charge in [0.2, 0.25) is 0 Å². The second kappa shape index (κ2) is 10.1. The van der Waals surface area contributed by atoms with Crippen molar-refractivity contribution in [1.82, 2.24) is 25.2 Å². The minimum Gasteiger partial charge on any atom is -0.378 e. The smallest absolute Gasteiger partial charge is 0.191 e. The molecule has 0 saturated heterocycles. The Balaban J connectivity index is 0.00000240. The van der Waals surface area contributed by atoms with E-state index < -0.39 is 0 Å². The second-order valence-electron chi connectivity index (χ2n) is 7.96. The number of fused-ring (bicyclic) bond motifs is 1. The SMILES string of the molecule is CCOC1CC(NC(=NC)NCCc2nnc3ccccn23)C12CCCCC2.I. The highest BCUT2D eigenvalue weighted by Crippen LogP contribution is 2.53. The van der Waals surface area contributed by atoms with Crippen molar-refractivity contribution in [1.29, 1.82) is 0 Å². The number of aliphatic imine (C=N–C) groups is 1. The predicted molar refractivity (Wildman–Crippen MR) is 126 cm³/mol. The van der Waals surface area contributed by atoms with Gasteiger partial charge in [0.15, 0.2) is 11.6 Å². The molecule has 160 valence electrons. The van der Waals surface area contributed by atoms with Crippen LogP contribution in [0.15, 0.2) is 29.4 Å². The van der Waals surface area contributed by atoms with Gasteiger partial charge in [-0.25, -0.2) is 0 Å². The number of pyridine rings is 1. The molecule has 2 fully saturated rings. The summed E-state index contributed by atoms with van der Waals surface area (Å²) in [5.41, 5.74) is 1.17. The summed E-state index contributed by atoms with van der Waals surface area (Å²) in [7, 11) is 1.84. The molecule has 2 aromatic heterocycles. The molecule has 7 nitrogen and oxygen atoms in total. The number of aromatic nitrogens is 3. The molecule has 0 aromatic carbocycles. The van der Waals surface area contributed by atoms with E-state index in [1.807, 2.05) is 35.8 Å². The lowest BCUT2D eigenvalue weighted by Gasteiger charge is -2.57. The molecule has 29 heavy (non-hydrogen) atoms. The zero-order valence-corrected chi connectivity index (χ0v) is 19.8. The summed E-state index contributed by atoms with van der Waals surface area (Å²) in [5, 5.41) is 15.7. The van der Waals surface area contributed by atoms with Gasteiger partial charge in [-0.1, -0.05) is 25.3 Å². The molecule has 2 unspecified atom stereocenters. The number of hydrogen-bond donors (Lipinski definition) is 2. The Morgan fingerprint density at radius 1 is 1.28 bits per heavy atom. The molecular weight excluding hydrogens is 479 g/mol. The van der Waals surface area contributed by atoms with Crippen molar-refractivity contribution in [3.05, 3.63) is 30.2 Å². The molecular formula is C21H33IN6O. The number of nitrogens with zero attached hydrogens (tertiary/aromatic N) is 4. The van der Waals surface area contributed by atoms with Crippen LogP contribution in [0.3, 0.4) is 0 Å². The lowest BCUT2D eigenvalue weighted by atomic mass is 9.55. The van der Waals surface area contributed by atoms with Gasteiger partial charge in [0.1, 0.15) is 5.82 Å². The number of ether oxygens (including phenoxy) is 1. The van der Waals surface area contributed by atoms with Crippen LogP contribution in [-0.2, 0) is 11.2 Å². The Morgan fingerprint density at radius 2 is 2.10 bits per heavy atom. The summed E-state index contributed by atoms with van der Waals surface area (Å²) in [5.74, 6) is 1.83. The van der Waals surface area contributed by atoms with E-state index in [0.29, 0.717) is 12.1 Å². The molecule has 8 heteroatoms. The molecule has 1 spiro atoms. The summed E-state index contributed by atoms with van der Waals surface area (Å²) < 4.78 is 8.10. The summed E-state index contributed by atoms with van der Waals surface area (Å²) in [6, 6.07) is 6.40. The van der Waals surface area contributed by atoms with Gasteiger partial charge in [-0.15, -0.1) is 34.2 Å². The molecule has 2 aliphatic rings. The van der Waals surface area contributed by atoms with E-state index in [0.717, 1.165) is 43.4 Å². The Labute approximate surface area is 190 Å². The van der Waals surface area contributed by atoms with Crippen LogP contribution >= 0.6 is 24.0 Å². The average Bonchev–Trinajstić information content (AvgIpc) is 3.15. The molecule has 2 aliphatic carbocycles. The van der Waals surface area contributed by atoms with Crippen molar-refractivity contribution in [2.45, 2.75) is 64.0 Å². The summed E-state index contributed by atoms with van der Waals surface area (Å²) in [4.78, 5) is 4.45. The highest BCUT2D eigenvalue weighted by molar-refractivity contribution is 14.0. The van der Waals surface area contributed by atoms with Gasteiger partial charge in [0.05, 0.1) is 6.10 Å². The van der Waals surface area contributed by atoms with E-state index in [4.69, 9.17) is 4.74 Å². The maximum atomic E-state index is 6.07. The molecule has 0 amide bonds. The normalized spacial score (nSPS) is 23.4. The van der Waals surface area contributed by atoms with E-state index in [-0.39, 0.29) is 29.4 Å². The van der Waals surface area contributed by atoms with E-state index >= 15 is 0 Å². The van der Waals surface area contributed by atoms with Crippen LogP contribution in [0.1, 0.15) is 51.3 Å². The lowest BCUT2D eigenvalue weighted by molar-refractivity contribution is -0.145. The van der Waals surface area contributed by atoms with Crippen LogP contribution in [0.5, 0.6) is 0 Å². The summed E-state index contributed by atoms with van der Waals surface area (Å²) in [6.45, 7) is 3.67. The number of guanidine groups is 1. The lowest BCUT2D eigenvalue weighted by Crippen LogP contribution is -2.66. The zero-order chi connectivity index (χ0) is 19.4. The van der Waals surface area contributed by atoms with Gasteiger partial charge < -0.3 is 15.4 Å². The highest BCUT2D eigenvalue weighted by Gasteiger charge is 2.55. The minimum atomic E-state index is 0. The Hall–Kier alpha value is -1.42. The van der Waals surface area contributed by atoms with Crippen molar-refractivity contribution in [2.24, 2.45) is 10.4 Å². The Bertz CT molecular complexity index is 816. The molecule has 0 bridgehead atoms. The average molecular weight is 512 g/mol. The molecule has 2 heterocycles. The molecule has 0 aliphatic heterocycles. The van der Waals surface area contributed by atoms with Gasteiger partial charge >= 0.3 is 0 Å². The van der Waals surface area contributed by atoms with Gasteiger partial charge in [-0.05, 0) is 38.3 Å². The second-order valence-corrected chi connectivity index (χ2v) is 7.96. The van der Waals surface area contributed by atoms with Crippen LogP contribution < -0.4 is 10.6 Å². The molecule has 0 radical (unpaired) electrons.